The van der Waals surface area contributed by atoms with E-state index in [9.17, 15) is 18.0 Å². The first kappa shape index (κ1) is 22.8. The smallest absolute Gasteiger partial charge is 0.406 e. The minimum Gasteiger partial charge on any atom is -0.406 e. The molecular weight excluding hydrogens is 477 g/mol. The molecule has 4 nitrogen and oxygen atoms in total. The molecule has 0 saturated carbocycles. The number of fused-ring (bicyclic) bond motifs is 3. The second-order valence-corrected chi connectivity index (χ2v) is 8.44. The van der Waals surface area contributed by atoms with Crippen LogP contribution in [0.1, 0.15) is 15.9 Å². The number of hydrogen-bond donors (Lipinski definition) is 1. The standard InChI is InChI=1S/C27H17ClF3N2O2/c28-19-10-7-17(8-11-19)18-9-12-21-24(14-18)33(23-6-2-5-22(25(21)23)26(32)34)15-16-3-1-4-20(13-16)35-27(29,30)31/h1-11,13-14H,15H2,(H2,32,34). The number of alkyl halides is 3. The van der Waals surface area contributed by atoms with Gasteiger partial charge in [-0.15, -0.1) is 13.2 Å². The Balaban J connectivity index is 1.71. The van der Waals surface area contributed by atoms with Crippen LogP contribution in [0.3, 0.4) is 0 Å². The van der Waals surface area contributed by atoms with Gasteiger partial charge in [-0.05, 0) is 71.3 Å². The van der Waals surface area contributed by atoms with Crippen LogP contribution < -0.4 is 10.5 Å². The number of aromatic nitrogens is 1. The molecule has 2 N–H and O–H groups in total. The molecule has 5 rings (SSSR count). The average Bonchev–Trinajstić information content (AvgIpc) is 3.11. The highest BCUT2D eigenvalue weighted by Gasteiger charge is 2.31. The number of ether oxygens (including phenoxy) is 1. The SMILES string of the molecule is NC(=O)c1cccc2c1c1[c]cc(-c3ccc(Cl)cc3)cc1n2Cc1cccc(OC(F)(F)F)c1. The molecule has 0 aliphatic rings. The largest absolute Gasteiger partial charge is 0.573 e. The van der Waals surface area contributed by atoms with Crippen molar-refractivity contribution < 1.29 is 22.7 Å². The van der Waals surface area contributed by atoms with Gasteiger partial charge < -0.3 is 15.0 Å². The van der Waals surface area contributed by atoms with Gasteiger partial charge in [-0.1, -0.05) is 41.9 Å². The molecule has 5 aromatic rings. The van der Waals surface area contributed by atoms with Gasteiger partial charge in [0.1, 0.15) is 5.75 Å². The van der Waals surface area contributed by atoms with Crippen LogP contribution in [-0.2, 0) is 6.54 Å². The third kappa shape index (κ3) is 4.55. The van der Waals surface area contributed by atoms with Crippen LogP contribution in [0.15, 0.2) is 78.9 Å². The molecule has 175 valence electrons. The number of benzene rings is 4. The lowest BCUT2D eigenvalue weighted by atomic mass is 10.0. The van der Waals surface area contributed by atoms with Gasteiger partial charge in [-0.25, -0.2) is 0 Å². The van der Waals surface area contributed by atoms with E-state index in [-0.39, 0.29) is 12.3 Å². The zero-order valence-electron chi connectivity index (χ0n) is 18.1. The summed E-state index contributed by atoms with van der Waals surface area (Å²) in [6.07, 6.45) is -4.79. The first-order chi connectivity index (χ1) is 16.7. The van der Waals surface area contributed by atoms with Crippen molar-refractivity contribution in [3.63, 3.8) is 0 Å². The summed E-state index contributed by atoms with van der Waals surface area (Å²) in [6, 6.07) is 25.4. The predicted octanol–water partition coefficient (Wildman–Crippen LogP) is 6.96. The summed E-state index contributed by atoms with van der Waals surface area (Å²) in [7, 11) is 0. The molecule has 1 aromatic heterocycles. The molecule has 8 heteroatoms. The predicted molar refractivity (Wildman–Crippen MR) is 129 cm³/mol. The second-order valence-electron chi connectivity index (χ2n) is 8.00. The average molecular weight is 494 g/mol. The van der Waals surface area contributed by atoms with Crippen molar-refractivity contribution in [2.75, 3.05) is 0 Å². The van der Waals surface area contributed by atoms with Crippen LogP contribution in [0.4, 0.5) is 13.2 Å². The Kier molecular flexibility index (Phi) is 5.65. The molecule has 1 radical (unpaired) electrons. The van der Waals surface area contributed by atoms with Gasteiger partial charge in [0.15, 0.2) is 0 Å². The van der Waals surface area contributed by atoms with E-state index in [1.54, 1.807) is 30.3 Å². The van der Waals surface area contributed by atoms with E-state index in [0.29, 0.717) is 32.4 Å². The monoisotopic (exact) mass is 493 g/mol. The fourth-order valence-corrected chi connectivity index (χ4v) is 4.39. The van der Waals surface area contributed by atoms with Gasteiger partial charge in [0.25, 0.3) is 0 Å². The normalized spacial score (nSPS) is 11.8. The highest BCUT2D eigenvalue weighted by atomic mass is 35.5. The number of amides is 1. The molecule has 0 atom stereocenters. The van der Waals surface area contributed by atoms with Crippen LogP contribution in [0.2, 0.25) is 5.02 Å². The molecule has 0 bridgehead atoms. The van der Waals surface area contributed by atoms with Crippen LogP contribution in [0, 0.1) is 6.07 Å². The minimum atomic E-state index is -4.79. The van der Waals surface area contributed by atoms with Crippen LogP contribution in [0.25, 0.3) is 32.9 Å². The number of nitrogens with zero attached hydrogens (tertiary/aromatic N) is 1. The number of carbonyl (C=O) groups is 1. The molecule has 0 spiro atoms. The molecule has 1 amide bonds. The van der Waals surface area contributed by atoms with Crippen molar-refractivity contribution >= 4 is 39.3 Å². The Morgan fingerprint density at radius 1 is 0.971 bits per heavy atom. The third-order valence-corrected chi connectivity index (χ3v) is 5.96. The zero-order chi connectivity index (χ0) is 24.7. The number of carbonyl (C=O) groups excluding carboxylic acids is 1. The highest BCUT2D eigenvalue weighted by Crippen LogP contribution is 2.35. The zero-order valence-corrected chi connectivity index (χ0v) is 18.8. The maximum absolute atomic E-state index is 12.7. The Bertz CT molecular complexity index is 1570. The van der Waals surface area contributed by atoms with Crippen molar-refractivity contribution in [3.05, 3.63) is 101 Å². The number of halogens is 4. The minimum absolute atomic E-state index is 0.231. The molecule has 0 fully saturated rings. The lowest BCUT2D eigenvalue weighted by molar-refractivity contribution is -0.274. The molecule has 1 heterocycles. The highest BCUT2D eigenvalue weighted by molar-refractivity contribution is 6.30. The van der Waals surface area contributed by atoms with Gasteiger partial charge in [0, 0.05) is 27.9 Å². The fraction of sp³-hybridized carbons (Fsp3) is 0.0741. The Morgan fingerprint density at radius 2 is 1.71 bits per heavy atom. The number of rotatable bonds is 5. The molecular formula is C27H17ClF3N2O2. The first-order valence-electron chi connectivity index (χ1n) is 10.6. The Morgan fingerprint density at radius 3 is 2.43 bits per heavy atom. The summed E-state index contributed by atoms with van der Waals surface area (Å²) in [5, 5.41) is 1.94. The van der Waals surface area contributed by atoms with E-state index in [4.69, 9.17) is 17.3 Å². The third-order valence-electron chi connectivity index (χ3n) is 5.71. The van der Waals surface area contributed by atoms with Crippen LogP contribution in [0.5, 0.6) is 5.75 Å². The molecule has 0 unspecified atom stereocenters. The van der Waals surface area contributed by atoms with E-state index < -0.39 is 12.3 Å². The topological polar surface area (TPSA) is 57.2 Å². The van der Waals surface area contributed by atoms with Crippen molar-refractivity contribution in [2.24, 2.45) is 5.73 Å². The van der Waals surface area contributed by atoms with Crippen molar-refractivity contribution in [2.45, 2.75) is 12.9 Å². The van der Waals surface area contributed by atoms with Gasteiger partial charge >= 0.3 is 6.36 Å². The van der Waals surface area contributed by atoms with Gasteiger partial charge in [0.05, 0.1) is 11.0 Å². The van der Waals surface area contributed by atoms with Crippen LogP contribution >= 0.6 is 11.6 Å². The quantitative estimate of drug-likeness (QED) is 0.288. The summed E-state index contributed by atoms with van der Waals surface area (Å²) in [4.78, 5) is 12.2. The number of hydrogen-bond acceptors (Lipinski definition) is 2. The van der Waals surface area contributed by atoms with E-state index in [0.717, 1.165) is 16.6 Å². The number of primary amides is 1. The number of nitrogens with two attached hydrogens (primary N) is 1. The maximum atomic E-state index is 12.7. The van der Waals surface area contributed by atoms with E-state index >= 15 is 0 Å². The summed E-state index contributed by atoms with van der Waals surface area (Å²) in [6.45, 7) is 0.231. The van der Waals surface area contributed by atoms with Gasteiger partial charge in [-0.2, -0.15) is 0 Å². The Hall–Kier alpha value is -3.97. The first-order valence-corrected chi connectivity index (χ1v) is 10.9. The fourth-order valence-electron chi connectivity index (χ4n) is 4.26. The molecule has 0 aliphatic carbocycles. The summed E-state index contributed by atoms with van der Waals surface area (Å²) in [5.41, 5.74) is 9.83. The summed E-state index contributed by atoms with van der Waals surface area (Å²) < 4.78 is 44.2. The van der Waals surface area contributed by atoms with Crippen molar-refractivity contribution in [1.29, 1.82) is 0 Å². The maximum Gasteiger partial charge on any atom is 0.573 e. The molecule has 0 saturated heterocycles. The van der Waals surface area contributed by atoms with E-state index in [1.807, 2.05) is 34.9 Å². The van der Waals surface area contributed by atoms with E-state index in [1.165, 1.54) is 18.2 Å². The van der Waals surface area contributed by atoms with Crippen molar-refractivity contribution in [3.8, 4) is 16.9 Å². The van der Waals surface area contributed by atoms with E-state index in [2.05, 4.69) is 10.8 Å². The lowest BCUT2D eigenvalue weighted by Crippen LogP contribution is -2.17. The second kappa shape index (κ2) is 8.67. The lowest BCUT2D eigenvalue weighted by Gasteiger charge is -2.12. The van der Waals surface area contributed by atoms with Gasteiger partial charge in [-0.3, -0.25) is 4.79 Å². The Labute approximate surface area is 203 Å². The molecule has 35 heavy (non-hydrogen) atoms. The summed E-state index contributed by atoms with van der Waals surface area (Å²) in [5.74, 6) is -0.882. The summed E-state index contributed by atoms with van der Waals surface area (Å²) >= 11 is 6.03. The molecule has 4 aromatic carbocycles. The van der Waals surface area contributed by atoms with Crippen molar-refractivity contribution in [1.82, 2.24) is 4.57 Å². The van der Waals surface area contributed by atoms with Crippen LogP contribution in [-0.4, -0.2) is 16.8 Å². The molecule has 0 aliphatic heterocycles. The van der Waals surface area contributed by atoms with Gasteiger partial charge in [0.2, 0.25) is 5.91 Å².